The Balaban J connectivity index is 1.41. The third-order valence-electron chi connectivity index (χ3n) is 4.32. The van der Waals surface area contributed by atoms with Crippen LogP contribution in [0.1, 0.15) is 31.2 Å². The van der Waals surface area contributed by atoms with Gasteiger partial charge in [-0.05, 0) is 43.5 Å². The molecule has 1 aromatic heterocycles. The minimum absolute atomic E-state index is 0.165. The van der Waals surface area contributed by atoms with Gasteiger partial charge in [0.25, 0.3) is 0 Å². The molecule has 3 rings (SSSR count). The number of pyridine rings is 1. The van der Waals surface area contributed by atoms with Crippen molar-refractivity contribution in [3.63, 3.8) is 0 Å². The predicted molar refractivity (Wildman–Crippen MR) is 79.7 cm³/mol. The number of rotatable bonds is 5. The van der Waals surface area contributed by atoms with Crippen LogP contribution in [0.4, 0.5) is 0 Å². The van der Waals surface area contributed by atoms with Gasteiger partial charge in [-0.25, -0.2) is 0 Å². The Hall–Kier alpha value is -1.46. The van der Waals surface area contributed by atoms with Crippen LogP contribution < -0.4 is 5.32 Å². The quantitative estimate of drug-likeness (QED) is 0.889. The number of amides is 1. The third-order valence-corrected chi connectivity index (χ3v) is 4.32. The van der Waals surface area contributed by atoms with E-state index in [9.17, 15) is 4.79 Å². The zero-order valence-electron chi connectivity index (χ0n) is 12.3. The van der Waals surface area contributed by atoms with E-state index in [0.717, 1.165) is 38.0 Å². The Labute approximate surface area is 125 Å². The third kappa shape index (κ3) is 4.02. The number of hydrogen-bond acceptors (Lipinski definition) is 4. The lowest BCUT2D eigenvalue weighted by Gasteiger charge is -2.19. The number of nitrogens with zero attached hydrogens (tertiary/aromatic N) is 2. The summed E-state index contributed by atoms with van der Waals surface area (Å²) in [6.45, 7) is 3.21. The Morgan fingerprint density at radius 1 is 1.38 bits per heavy atom. The summed E-state index contributed by atoms with van der Waals surface area (Å²) in [6, 6.07) is 4.31. The molecule has 1 unspecified atom stereocenters. The summed E-state index contributed by atoms with van der Waals surface area (Å²) in [4.78, 5) is 18.2. The van der Waals surface area contributed by atoms with Crippen LogP contribution in [0.25, 0.3) is 0 Å². The van der Waals surface area contributed by atoms with E-state index in [1.807, 2.05) is 17.0 Å². The van der Waals surface area contributed by atoms with Crippen molar-refractivity contribution in [1.29, 1.82) is 0 Å². The van der Waals surface area contributed by atoms with Crippen molar-refractivity contribution >= 4 is 5.91 Å². The van der Waals surface area contributed by atoms with Crippen molar-refractivity contribution in [3.05, 3.63) is 30.1 Å². The van der Waals surface area contributed by atoms with E-state index in [1.54, 1.807) is 12.4 Å². The lowest BCUT2D eigenvalue weighted by molar-refractivity contribution is -0.131. The molecule has 2 saturated heterocycles. The van der Waals surface area contributed by atoms with Gasteiger partial charge in [0.1, 0.15) is 0 Å². The summed E-state index contributed by atoms with van der Waals surface area (Å²) in [7, 11) is 0. The molecule has 114 valence electrons. The van der Waals surface area contributed by atoms with Crippen LogP contribution in [0.15, 0.2) is 24.5 Å². The Morgan fingerprint density at radius 2 is 2.24 bits per heavy atom. The first-order chi connectivity index (χ1) is 10.3. The molecular formula is C16H23N3O2. The molecule has 21 heavy (non-hydrogen) atoms. The Morgan fingerprint density at radius 3 is 3.00 bits per heavy atom. The van der Waals surface area contributed by atoms with Gasteiger partial charge >= 0.3 is 0 Å². The number of nitrogens with one attached hydrogen (secondary N) is 1. The second kappa shape index (κ2) is 7.00. The van der Waals surface area contributed by atoms with E-state index in [4.69, 9.17) is 4.74 Å². The molecule has 2 aliphatic heterocycles. The van der Waals surface area contributed by atoms with E-state index in [2.05, 4.69) is 10.3 Å². The van der Waals surface area contributed by atoms with Gasteiger partial charge in [-0.2, -0.15) is 0 Å². The second-order valence-electron chi connectivity index (χ2n) is 5.91. The highest BCUT2D eigenvalue weighted by Crippen LogP contribution is 2.17. The van der Waals surface area contributed by atoms with Gasteiger partial charge in [0.05, 0.1) is 12.7 Å². The summed E-state index contributed by atoms with van der Waals surface area (Å²) < 4.78 is 5.90. The molecule has 3 heterocycles. The molecule has 0 saturated carbocycles. The fraction of sp³-hybridized carbons (Fsp3) is 0.625. The van der Waals surface area contributed by atoms with Gasteiger partial charge in [-0.15, -0.1) is 0 Å². The summed E-state index contributed by atoms with van der Waals surface area (Å²) in [5.41, 5.74) is 1.13. The molecule has 5 nitrogen and oxygen atoms in total. The monoisotopic (exact) mass is 289 g/mol. The first-order valence-corrected chi connectivity index (χ1v) is 7.83. The summed E-state index contributed by atoms with van der Waals surface area (Å²) in [5.74, 6) is 0.268. The largest absolute Gasteiger partial charge is 0.372 e. The molecule has 0 bridgehead atoms. The van der Waals surface area contributed by atoms with Gasteiger partial charge < -0.3 is 15.0 Å². The molecule has 5 heteroatoms. The minimum Gasteiger partial charge on any atom is -0.372 e. The highest BCUT2D eigenvalue weighted by molar-refractivity contribution is 5.77. The number of aromatic nitrogens is 1. The number of hydrogen-bond donors (Lipinski definition) is 1. The summed E-state index contributed by atoms with van der Waals surface area (Å²) >= 11 is 0. The topological polar surface area (TPSA) is 54.5 Å². The van der Waals surface area contributed by atoms with Crippen LogP contribution in [0.5, 0.6) is 0 Å². The molecule has 2 aliphatic rings. The molecule has 1 N–H and O–H groups in total. The van der Waals surface area contributed by atoms with E-state index >= 15 is 0 Å². The first kappa shape index (κ1) is 14.5. The zero-order chi connectivity index (χ0) is 14.5. The SMILES string of the molecule is O=C(C[C@H]1CCCN1)N1CCC(OCc2ccncc2)C1. The molecule has 0 aliphatic carbocycles. The highest BCUT2D eigenvalue weighted by atomic mass is 16.5. The maximum atomic E-state index is 12.2. The number of likely N-dealkylation sites (tertiary alicyclic amines) is 1. The van der Waals surface area contributed by atoms with Crippen LogP contribution in [-0.4, -0.2) is 47.6 Å². The van der Waals surface area contributed by atoms with Crippen molar-refractivity contribution in [3.8, 4) is 0 Å². The van der Waals surface area contributed by atoms with Crippen LogP contribution in [0.2, 0.25) is 0 Å². The maximum absolute atomic E-state index is 12.2. The van der Waals surface area contributed by atoms with Crippen LogP contribution in [-0.2, 0) is 16.1 Å². The molecule has 0 aromatic carbocycles. The minimum atomic E-state index is 0.165. The standard InChI is InChI=1S/C16H23N3O2/c20-16(10-14-2-1-6-18-14)19-9-5-15(11-19)21-12-13-3-7-17-8-4-13/h3-4,7-8,14-15,18H,1-2,5-6,9-12H2/t14-,15?/m1/s1. The second-order valence-corrected chi connectivity index (χ2v) is 5.91. The Kier molecular flexibility index (Phi) is 4.83. The average Bonchev–Trinajstić information content (AvgIpc) is 3.17. The highest BCUT2D eigenvalue weighted by Gasteiger charge is 2.28. The average molecular weight is 289 g/mol. The van der Waals surface area contributed by atoms with Crippen molar-refractivity contribution < 1.29 is 9.53 Å². The fourth-order valence-corrected chi connectivity index (χ4v) is 3.05. The fourth-order valence-electron chi connectivity index (χ4n) is 3.05. The number of carbonyl (C=O) groups excluding carboxylic acids is 1. The molecule has 0 radical (unpaired) electrons. The normalized spacial score (nSPS) is 25.4. The van der Waals surface area contributed by atoms with Crippen molar-refractivity contribution in [1.82, 2.24) is 15.2 Å². The van der Waals surface area contributed by atoms with E-state index in [1.165, 1.54) is 6.42 Å². The number of ether oxygens (including phenoxy) is 1. The smallest absolute Gasteiger partial charge is 0.224 e. The molecule has 2 atom stereocenters. The molecular weight excluding hydrogens is 266 g/mol. The molecule has 0 spiro atoms. The Bertz CT molecular complexity index is 460. The maximum Gasteiger partial charge on any atom is 0.224 e. The number of carbonyl (C=O) groups is 1. The van der Waals surface area contributed by atoms with E-state index in [-0.39, 0.29) is 12.0 Å². The summed E-state index contributed by atoms with van der Waals surface area (Å²) in [5, 5.41) is 3.38. The van der Waals surface area contributed by atoms with Crippen molar-refractivity contribution in [2.24, 2.45) is 0 Å². The lowest BCUT2D eigenvalue weighted by atomic mass is 10.1. The molecule has 1 aromatic rings. The van der Waals surface area contributed by atoms with Gasteiger partial charge in [0.2, 0.25) is 5.91 Å². The summed E-state index contributed by atoms with van der Waals surface area (Å²) in [6.07, 6.45) is 7.61. The van der Waals surface area contributed by atoms with Crippen molar-refractivity contribution in [2.75, 3.05) is 19.6 Å². The van der Waals surface area contributed by atoms with E-state index in [0.29, 0.717) is 19.1 Å². The molecule has 2 fully saturated rings. The van der Waals surface area contributed by atoms with Crippen LogP contribution in [0.3, 0.4) is 0 Å². The zero-order valence-corrected chi connectivity index (χ0v) is 12.3. The van der Waals surface area contributed by atoms with Crippen molar-refractivity contribution in [2.45, 2.75) is 44.4 Å². The van der Waals surface area contributed by atoms with Gasteiger partial charge in [-0.3, -0.25) is 9.78 Å². The van der Waals surface area contributed by atoms with Crippen LogP contribution >= 0.6 is 0 Å². The predicted octanol–water partition coefficient (Wildman–Crippen LogP) is 1.34. The molecule has 1 amide bonds. The first-order valence-electron chi connectivity index (χ1n) is 7.83. The lowest BCUT2D eigenvalue weighted by Crippen LogP contribution is -2.35. The van der Waals surface area contributed by atoms with Crippen LogP contribution in [0, 0.1) is 0 Å². The van der Waals surface area contributed by atoms with Gasteiger partial charge in [0, 0.05) is 37.9 Å². The van der Waals surface area contributed by atoms with Gasteiger partial charge in [0.15, 0.2) is 0 Å². The van der Waals surface area contributed by atoms with E-state index < -0.39 is 0 Å². The van der Waals surface area contributed by atoms with Gasteiger partial charge in [-0.1, -0.05) is 0 Å².